The summed E-state index contributed by atoms with van der Waals surface area (Å²) in [6, 6.07) is 12.7. The van der Waals surface area contributed by atoms with Gasteiger partial charge in [0.25, 0.3) is 0 Å². The first-order chi connectivity index (χ1) is 18.2. The molecule has 0 aliphatic heterocycles. The van der Waals surface area contributed by atoms with Gasteiger partial charge in [-0.2, -0.15) is 0 Å². The fraction of sp³-hybridized carbons (Fsp3) is 0.389. The molecule has 0 saturated heterocycles. The van der Waals surface area contributed by atoms with Gasteiger partial charge in [0.2, 0.25) is 0 Å². The molecule has 1 heterocycles. The average Bonchev–Trinajstić information content (AvgIpc) is 3.21. The third-order valence-corrected chi connectivity index (χ3v) is 7.68. The molecular weight excluding hydrogens is 476 g/mol. The van der Waals surface area contributed by atoms with Gasteiger partial charge in [-0.3, -0.25) is 0 Å². The first-order valence-electron chi connectivity index (χ1n) is 14.1. The number of anilines is 1. The van der Waals surface area contributed by atoms with Crippen LogP contribution in [0.1, 0.15) is 67.9 Å². The normalized spacial score (nSPS) is 19.1. The van der Waals surface area contributed by atoms with E-state index >= 15 is 0 Å². The molecule has 39 heavy (non-hydrogen) atoms. The van der Waals surface area contributed by atoms with Crippen molar-refractivity contribution in [3.05, 3.63) is 103 Å². The third-order valence-electron chi connectivity index (χ3n) is 7.68. The van der Waals surface area contributed by atoms with Crippen molar-refractivity contribution in [3.8, 4) is 0 Å². The summed E-state index contributed by atoms with van der Waals surface area (Å²) in [5.74, 6) is 0.915. The molecule has 0 bridgehead atoms. The summed E-state index contributed by atoms with van der Waals surface area (Å²) in [6.07, 6.45) is 14.9. The van der Waals surface area contributed by atoms with Crippen LogP contribution in [0.3, 0.4) is 0 Å². The van der Waals surface area contributed by atoms with Crippen LogP contribution in [-0.4, -0.2) is 0 Å². The molecule has 1 aromatic heterocycles. The Morgan fingerprint density at radius 1 is 0.897 bits per heavy atom. The minimum atomic E-state index is 0.0667. The van der Waals surface area contributed by atoms with Crippen LogP contribution in [-0.2, 0) is 5.41 Å². The van der Waals surface area contributed by atoms with Crippen LogP contribution in [0.5, 0.6) is 0 Å². The van der Waals surface area contributed by atoms with E-state index in [1.54, 1.807) is 0 Å². The first kappa shape index (κ1) is 28.5. The number of allylic oxidation sites excluding steroid dienone is 6. The molecule has 0 fully saturated rings. The second-order valence-corrected chi connectivity index (χ2v) is 14.0. The smallest absolute Gasteiger partial charge is 0.137 e. The molecule has 0 amide bonds. The number of rotatable bonds is 6. The SMILES string of the molecule is C=C/C=C(\C=C\Nc1cccc2oc3ccc(C(C)(C)C)cc3c12)NC1=CC(C(C)(C)C)C(C(C)(C)C)C=C1. The maximum absolute atomic E-state index is 6.18. The summed E-state index contributed by atoms with van der Waals surface area (Å²) in [7, 11) is 0. The molecular formula is C36H46N2O. The van der Waals surface area contributed by atoms with Gasteiger partial charge in [0.05, 0.1) is 5.39 Å². The Hall–Kier alpha value is -3.46. The minimum absolute atomic E-state index is 0.0667. The van der Waals surface area contributed by atoms with E-state index in [4.69, 9.17) is 4.42 Å². The molecule has 2 N–H and O–H groups in total. The van der Waals surface area contributed by atoms with Crippen molar-refractivity contribution in [2.45, 2.75) is 67.7 Å². The van der Waals surface area contributed by atoms with E-state index in [0.717, 1.165) is 39.0 Å². The van der Waals surface area contributed by atoms with E-state index in [1.807, 2.05) is 30.5 Å². The van der Waals surface area contributed by atoms with Crippen LogP contribution in [0.2, 0.25) is 0 Å². The van der Waals surface area contributed by atoms with Crippen LogP contribution < -0.4 is 10.6 Å². The Balaban J connectivity index is 1.60. The lowest BCUT2D eigenvalue weighted by atomic mass is 9.62. The molecule has 2 unspecified atom stereocenters. The van der Waals surface area contributed by atoms with Gasteiger partial charge in [0, 0.05) is 28.7 Å². The molecule has 2 aromatic carbocycles. The van der Waals surface area contributed by atoms with Gasteiger partial charge in [-0.25, -0.2) is 0 Å². The highest BCUT2D eigenvalue weighted by Crippen LogP contribution is 2.45. The molecule has 4 rings (SSSR count). The lowest BCUT2D eigenvalue weighted by Gasteiger charge is -2.43. The minimum Gasteiger partial charge on any atom is -0.456 e. The zero-order valence-corrected chi connectivity index (χ0v) is 25.3. The molecule has 3 heteroatoms. The fourth-order valence-corrected chi connectivity index (χ4v) is 5.45. The summed E-state index contributed by atoms with van der Waals surface area (Å²) < 4.78 is 6.18. The lowest BCUT2D eigenvalue weighted by molar-refractivity contribution is 0.140. The Labute approximate surface area is 235 Å². The molecule has 3 nitrogen and oxygen atoms in total. The van der Waals surface area contributed by atoms with Gasteiger partial charge in [0.1, 0.15) is 11.2 Å². The Bertz CT molecular complexity index is 1470. The number of hydrogen-bond acceptors (Lipinski definition) is 3. The van der Waals surface area contributed by atoms with Gasteiger partial charge in [-0.15, -0.1) is 0 Å². The van der Waals surface area contributed by atoms with Crippen LogP contribution in [0.15, 0.2) is 101 Å². The second kappa shape index (κ2) is 10.6. The maximum Gasteiger partial charge on any atom is 0.137 e. The highest BCUT2D eigenvalue weighted by Gasteiger charge is 2.37. The second-order valence-electron chi connectivity index (χ2n) is 14.0. The van der Waals surface area contributed by atoms with Crippen molar-refractivity contribution >= 4 is 27.6 Å². The van der Waals surface area contributed by atoms with Crippen molar-refractivity contribution < 1.29 is 4.42 Å². The monoisotopic (exact) mass is 522 g/mol. The third kappa shape index (κ3) is 6.41. The number of hydrogen-bond donors (Lipinski definition) is 2. The molecule has 1 aliphatic carbocycles. The lowest BCUT2D eigenvalue weighted by Crippen LogP contribution is -2.36. The quantitative estimate of drug-likeness (QED) is 0.316. The number of benzene rings is 2. The van der Waals surface area contributed by atoms with E-state index in [2.05, 4.69) is 128 Å². The van der Waals surface area contributed by atoms with Gasteiger partial charge < -0.3 is 15.1 Å². The number of nitrogens with one attached hydrogen (secondary N) is 2. The largest absolute Gasteiger partial charge is 0.456 e. The van der Waals surface area contributed by atoms with E-state index in [0.29, 0.717) is 11.8 Å². The zero-order valence-electron chi connectivity index (χ0n) is 25.3. The Morgan fingerprint density at radius 3 is 2.26 bits per heavy atom. The summed E-state index contributed by atoms with van der Waals surface area (Å²) in [5.41, 5.74) is 6.61. The van der Waals surface area contributed by atoms with Gasteiger partial charge in [-0.1, -0.05) is 99.3 Å². The summed E-state index contributed by atoms with van der Waals surface area (Å²) in [4.78, 5) is 0. The molecule has 206 valence electrons. The van der Waals surface area contributed by atoms with Crippen molar-refractivity contribution in [1.29, 1.82) is 0 Å². The summed E-state index contributed by atoms with van der Waals surface area (Å²) >= 11 is 0. The molecule has 0 saturated carbocycles. The highest BCUT2D eigenvalue weighted by molar-refractivity contribution is 6.11. The number of furan rings is 1. The topological polar surface area (TPSA) is 37.2 Å². The van der Waals surface area contributed by atoms with E-state index in [-0.39, 0.29) is 16.2 Å². The Kier molecular flexibility index (Phi) is 7.76. The average molecular weight is 523 g/mol. The molecule has 1 aliphatic rings. The van der Waals surface area contributed by atoms with E-state index in [1.165, 1.54) is 5.56 Å². The van der Waals surface area contributed by atoms with E-state index < -0.39 is 0 Å². The van der Waals surface area contributed by atoms with Gasteiger partial charge >= 0.3 is 0 Å². The predicted octanol–water partition coefficient (Wildman–Crippen LogP) is 10.2. The maximum atomic E-state index is 6.18. The summed E-state index contributed by atoms with van der Waals surface area (Å²) in [5, 5.41) is 9.37. The molecule has 3 aromatic rings. The van der Waals surface area contributed by atoms with Crippen molar-refractivity contribution in [2.24, 2.45) is 22.7 Å². The van der Waals surface area contributed by atoms with E-state index in [9.17, 15) is 0 Å². The van der Waals surface area contributed by atoms with Crippen molar-refractivity contribution in [1.82, 2.24) is 5.32 Å². The molecule has 0 spiro atoms. The van der Waals surface area contributed by atoms with Crippen molar-refractivity contribution in [2.75, 3.05) is 5.32 Å². The fourth-order valence-electron chi connectivity index (χ4n) is 5.45. The highest BCUT2D eigenvalue weighted by atomic mass is 16.3. The van der Waals surface area contributed by atoms with Crippen molar-refractivity contribution in [3.63, 3.8) is 0 Å². The summed E-state index contributed by atoms with van der Waals surface area (Å²) in [6.45, 7) is 24.6. The Morgan fingerprint density at radius 2 is 1.62 bits per heavy atom. The standard InChI is InChI=1S/C36H46N2O/c1-11-13-25(38-26-17-18-28(35(5,6)7)29(23-26)36(8,9)10)20-21-37-30-14-12-15-32-33(30)27-22-24(34(2,3)4)16-19-31(27)39-32/h11-23,28-29,37-38H,1H2,2-10H3/b21-20+,25-13+. The van der Waals surface area contributed by atoms with Gasteiger partial charge in [0.15, 0.2) is 0 Å². The van der Waals surface area contributed by atoms with Crippen LogP contribution in [0.4, 0.5) is 5.69 Å². The molecule has 0 radical (unpaired) electrons. The predicted molar refractivity (Wildman–Crippen MR) is 170 cm³/mol. The van der Waals surface area contributed by atoms with Gasteiger partial charge in [-0.05, 0) is 76.1 Å². The number of fused-ring (bicyclic) bond motifs is 3. The zero-order chi connectivity index (χ0) is 28.6. The molecule has 2 atom stereocenters. The van der Waals surface area contributed by atoms with Crippen LogP contribution in [0, 0.1) is 22.7 Å². The van der Waals surface area contributed by atoms with Crippen LogP contribution in [0.25, 0.3) is 21.9 Å². The first-order valence-corrected chi connectivity index (χ1v) is 14.1. The van der Waals surface area contributed by atoms with Crippen LogP contribution >= 0.6 is 0 Å².